The van der Waals surface area contributed by atoms with Gasteiger partial charge in [0, 0.05) is 13.1 Å². The van der Waals surface area contributed by atoms with E-state index >= 15 is 0 Å². The number of nitriles is 1. The van der Waals surface area contributed by atoms with Crippen LogP contribution in [0.3, 0.4) is 0 Å². The molecule has 0 aliphatic carbocycles. The minimum Gasteiger partial charge on any atom is -0.391 e. The number of hydrogen-bond acceptors (Lipinski definition) is 5. The van der Waals surface area contributed by atoms with Crippen LogP contribution in [0.25, 0.3) is 21.3 Å². The lowest BCUT2D eigenvalue weighted by molar-refractivity contribution is 0.198. The van der Waals surface area contributed by atoms with Gasteiger partial charge in [0.05, 0.1) is 28.0 Å². The second kappa shape index (κ2) is 5.65. The molecule has 1 aromatic heterocycles. The zero-order valence-corrected chi connectivity index (χ0v) is 13.3. The highest BCUT2D eigenvalue weighted by molar-refractivity contribution is 7.22. The lowest BCUT2D eigenvalue weighted by Gasteiger charge is -2.12. The average Bonchev–Trinajstić information content (AvgIpc) is 3.20. The van der Waals surface area contributed by atoms with Crippen molar-refractivity contribution in [1.29, 1.82) is 5.26 Å². The van der Waals surface area contributed by atoms with E-state index in [0.717, 1.165) is 39.4 Å². The number of fused-ring (bicyclic) bond motifs is 1. The van der Waals surface area contributed by atoms with E-state index in [0.29, 0.717) is 12.1 Å². The van der Waals surface area contributed by atoms with Gasteiger partial charge in [0.2, 0.25) is 0 Å². The lowest BCUT2D eigenvalue weighted by atomic mass is 10.0. The molecule has 1 N–H and O–H groups in total. The molecule has 3 aromatic rings. The summed E-state index contributed by atoms with van der Waals surface area (Å²) in [6.45, 7) is 1.53. The number of thiazole rings is 1. The molecule has 1 aliphatic rings. The first kappa shape index (κ1) is 14.2. The molecule has 0 unspecified atom stereocenters. The van der Waals surface area contributed by atoms with Gasteiger partial charge in [-0.2, -0.15) is 5.26 Å². The Morgan fingerprint density at radius 2 is 1.96 bits per heavy atom. The summed E-state index contributed by atoms with van der Waals surface area (Å²) in [6, 6.07) is 16.0. The Morgan fingerprint density at radius 3 is 2.65 bits per heavy atom. The molecular weight excluding hydrogens is 306 g/mol. The van der Waals surface area contributed by atoms with Crippen molar-refractivity contribution in [3.8, 4) is 17.2 Å². The van der Waals surface area contributed by atoms with E-state index in [1.807, 2.05) is 30.3 Å². The van der Waals surface area contributed by atoms with Gasteiger partial charge in [-0.15, -0.1) is 0 Å². The molecule has 23 heavy (non-hydrogen) atoms. The molecule has 114 valence electrons. The fourth-order valence-electron chi connectivity index (χ4n) is 2.88. The Kier molecular flexibility index (Phi) is 3.49. The molecule has 2 aromatic carbocycles. The summed E-state index contributed by atoms with van der Waals surface area (Å²) in [5.74, 6) is 0. The van der Waals surface area contributed by atoms with Crippen LogP contribution in [-0.2, 0) is 0 Å². The lowest BCUT2D eigenvalue weighted by Crippen LogP contribution is -2.20. The molecule has 4 rings (SSSR count). The van der Waals surface area contributed by atoms with E-state index in [2.05, 4.69) is 28.1 Å². The number of anilines is 1. The van der Waals surface area contributed by atoms with Crippen molar-refractivity contribution >= 4 is 26.7 Å². The molecule has 0 spiro atoms. The molecular formula is C18H15N3OS. The Bertz CT molecular complexity index is 895. The summed E-state index contributed by atoms with van der Waals surface area (Å²) in [6.07, 6.45) is 0.572. The third-order valence-corrected chi connectivity index (χ3v) is 5.24. The van der Waals surface area contributed by atoms with Gasteiger partial charge in [-0.3, -0.25) is 0 Å². The van der Waals surface area contributed by atoms with Crippen LogP contribution in [-0.4, -0.2) is 29.3 Å². The van der Waals surface area contributed by atoms with E-state index in [9.17, 15) is 5.11 Å². The molecule has 4 nitrogen and oxygen atoms in total. The SMILES string of the molecule is N#Cc1ccc(-c2ccc3nc(N4CC[C@@H](O)C4)sc3c2)cc1. The Morgan fingerprint density at radius 1 is 1.17 bits per heavy atom. The average molecular weight is 321 g/mol. The van der Waals surface area contributed by atoms with Crippen molar-refractivity contribution in [2.75, 3.05) is 18.0 Å². The number of rotatable bonds is 2. The van der Waals surface area contributed by atoms with Crippen LogP contribution in [0.1, 0.15) is 12.0 Å². The van der Waals surface area contributed by atoms with Crippen LogP contribution < -0.4 is 4.90 Å². The van der Waals surface area contributed by atoms with Gasteiger partial charge in [-0.05, 0) is 41.8 Å². The highest BCUT2D eigenvalue weighted by atomic mass is 32.1. The number of nitrogens with zero attached hydrogens (tertiary/aromatic N) is 3. The molecule has 0 bridgehead atoms. The molecule has 2 heterocycles. The highest BCUT2D eigenvalue weighted by Gasteiger charge is 2.22. The van der Waals surface area contributed by atoms with E-state index < -0.39 is 0 Å². The van der Waals surface area contributed by atoms with Gasteiger partial charge in [0.25, 0.3) is 0 Å². The summed E-state index contributed by atoms with van der Waals surface area (Å²) in [7, 11) is 0. The predicted molar refractivity (Wildman–Crippen MR) is 92.6 cm³/mol. The number of aromatic nitrogens is 1. The zero-order valence-electron chi connectivity index (χ0n) is 12.4. The normalized spacial score (nSPS) is 17.6. The Labute approximate surface area is 138 Å². The van der Waals surface area contributed by atoms with Crippen molar-refractivity contribution in [2.24, 2.45) is 0 Å². The third kappa shape index (κ3) is 2.67. The summed E-state index contributed by atoms with van der Waals surface area (Å²) < 4.78 is 1.14. The second-order valence-electron chi connectivity index (χ2n) is 5.76. The molecule has 0 saturated carbocycles. The predicted octanol–water partition coefficient (Wildman–Crippen LogP) is 3.41. The summed E-state index contributed by atoms with van der Waals surface area (Å²) >= 11 is 1.66. The van der Waals surface area contributed by atoms with Crippen LogP contribution in [0, 0.1) is 11.3 Å². The van der Waals surface area contributed by atoms with Gasteiger partial charge >= 0.3 is 0 Å². The summed E-state index contributed by atoms with van der Waals surface area (Å²) in [4.78, 5) is 6.83. The Hall–Kier alpha value is -2.42. The van der Waals surface area contributed by atoms with E-state index in [1.165, 1.54) is 0 Å². The fraction of sp³-hybridized carbons (Fsp3) is 0.222. The first-order chi connectivity index (χ1) is 11.2. The Balaban J connectivity index is 1.68. The van der Waals surface area contributed by atoms with E-state index in [1.54, 1.807) is 11.3 Å². The van der Waals surface area contributed by atoms with Crippen molar-refractivity contribution in [1.82, 2.24) is 4.98 Å². The van der Waals surface area contributed by atoms with Crippen molar-refractivity contribution in [3.63, 3.8) is 0 Å². The molecule has 0 radical (unpaired) electrons. The van der Waals surface area contributed by atoms with Crippen LogP contribution in [0.4, 0.5) is 5.13 Å². The number of benzene rings is 2. The standard InChI is InChI=1S/C18H15N3OS/c19-10-12-1-3-13(4-2-12)14-5-6-16-17(9-14)23-18(20-16)21-8-7-15(22)11-21/h1-6,9,15,22H,7-8,11H2/t15-/m1/s1. The minimum atomic E-state index is -0.240. The zero-order chi connectivity index (χ0) is 15.8. The first-order valence-electron chi connectivity index (χ1n) is 7.57. The maximum absolute atomic E-state index is 9.68. The van der Waals surface area contributed by atoms with Gasteiger partial charge in [-0.25, -0.2) is 4.98 Å². The van der Waals surface area contributed by atoms with Crippen LogP contribution in [0.5, 0.6) is 0 Å². The maximum atomic E-state index is 9.68. The van der Waals surface area contributed by atoms with Gasteiger partial charge in [0.15, 0.2) is 5.13 Å². The highest BCUT2D eigenvalue weighted by Crippen LogP contribution is 2.33. The molecule has 1 aliphatic heterocycles. The molecule has 0 amide bonds. The van der Waals surface area contributed by atoms with E-state index in [4.69, 9.17) is 5.26 Å². The number of β-amino-alcohol motifs (C(OH)–C–C–N with tert-alkyl or cyclic N) is 1. The van der Waals surface area contributed by atoms with Crippen molar-refractivity contribution < 1.29 is 5.11 Å². The topological polar surface area (TPSA) is 60.2 Å². The maximum Gasteiger partial charge on any atom is 0.186 e. The smallest absolute Gasteiger partial charge is 0.186 e. The van der Waals surface area contributed by atoms with Crippen molar-refractivity contribution in [3.05, 3.63) is 48.0 Å². The van der Waals surface area contributed by atoms with Gasteiger partial charge in [-0.1, -0.05) is 29.5 Å². The number of hydrogen-bond donors (Lipinski definition) is 1. The first-order valence-corrected chi connectivity index (χ1v) is 8.39. The van der Waals surface area contributed by atoms with Crippen LogP contribution >= 0.6 is 11.3 Å². The van der Waals surface area contributed by atoms with Crippen molar-refractivity contribution in [2.45, 2.75) is 12.5 Å². The van der Waals surface area contributed by atoms with Gasteiger partial charge < -0.3 is 10.0 Å². The molecule has 1 atom stereocenters. The van der Waals surface area contributed by atoms with E-state index in [-0.39, 0.29) is 6.10 Å². The van der Waals surface area contributed by atoms with Crippen LogP contribution in [0.2, 0.25) is 0 Å². The summed E-state index contributed by atoms with van der Waals surface area (Å²) in [5, 5.41) is 19.6. The summed E-state index contributed by atoms with van der Waals surface area (Å²) in [5.41, 5.74) is 3.88. The van der Waals surface area contributed by atoms with Crippen LogP contribution in [0.15, 0.2) is 42.5 Å². The number of aliphatic hydroxyl groups is 1. The second-order valence-corrected chi connectivity index (χ2v) is 6.77. The monoisotopic (exact) mass is 321 g/mol. The third-order valence-electron chi connectivity index (χ3n) is 4.16. The minimum absolute atomic E-state index is 0.240. The van der Waals surface area contributed by atoms with Gasteiger partial charge in [0.1, 0.15) is 0 Å². The molecule has 5 heteroatoms. The largest absolute Gasteiger partial charge is 0.391 e. The molecule has 1 saturated heterocycles. The quantitative estimate of drug-likeness (QED) is 0.786. The fourth-order valence-corrected chi connectivity index (χ4v) is 3.92. The number of aliphatic hydroxyl groups excluding tert-OH is 1. The molecule has 1 fully saturated rings.